The largest absolute Gasteiger partial charge is 0.307 e. The summed E-state index contributed by atoms with van der Waals surface area (Å²) in [7, 11) is 0. The van der Waals surface area contributed by atoms with Crippen molar-refractivity contribution in [3.05, 3.63) is 180 Å². The van der Waals surface area contributed by atoms with E-state index in [4.69, 9.17) is 0 Å². The van der Waals surface area contributed by atoms with Crippen LogP contribution < -0.4 is 4.90 Å². The molecule has 0 radical (unpaired) electrons. The lowest BCUT2D eigenvalue weighted by molar-refractivity contribution is -0.106. The van der Waals surface area contributed by atoms with Crippen molar-refractivity contribution >= 4 is 39.8 Å². The number of para-hydroxylation sites is 2. The third-order valence-electron chi connectivity index (χ3n) is 9.47. The number of nitriles is 1. The number of nitrogens with zero attached hydrogens (tertiary/aromatic N) is 3. The Morgan fingerprint density at radius 3 is 1.78 bits per heavy atom. The highest BCUT2D eigenvalue weighted by atomic mass is 16.2. The molecular formula is C46H31N3O2. The Hall–Kier alpha value is -7.03. The maximum atomic E-state index is 15.3. The van der Waals surface area contributed by atoms with Gasteiger partial charge in [0.2, 0.25) is 6.41 Å². The number of hydrogen-bond acceptors (Lipinski definition) is 3. The molecule has 2 amide bonds. The van der Waals surface area contributed by atoms with Crippen LogP contribution in [0.3, 0.4) is 0 Å². The molecule has 1 aromatic heterocycles. The number of hydrogen-bond donors (Lipinski definition) is 0. The van der Waals surface area contributed by atoms with Crippen molar-refractivity contribution in [2.45, 2.75) is 6.92 Å². The molecule has 0 fully saturated rings. The zero-order valence-corrected chi connectivity index (χ0v) is 27.8. The fourth-order valence-electron chi connectivity index (χ4n) is 7.17. The molecule has 0 saturated heterocycles. The van der Waals surface area contributed by atoms with Crippen molar-refractivity contribution in [1.29, 1.82) is 5.26 Å². The number of imide groups is 1. The van der Waals surface area contributed by atoms with Crippen molar-refractivity contribution in [2.24, 2.45) is 0 Å². The molecule has 0 bridgehead atoms. The zero-order valence-electron chi connectivity index (χ0n) is 27.8. The maximum absolute atomic E-state index is 15.3. The van der Waals surface area contributed by atoms with Crippen LogP contribution in [-0.4, -0.2) is 16.9 Å². The van der Waals surface area contributed by atoms with Crippen LogP contribution in [-0.2, 0) is 4.79 Å². The molecule has 0 atom stereocenters. The van der Waals surface area contributed by atoms with E-state index >= 15 is 4.79 Å². The van der Waals surface area contributed by atoms with Crippen LogP contribution >= 0.6 is 0 Å². The van der Waals surface area contributed by atoms with Crippen molar-refractivity contribution in [1.82, 2.24) is 4.57 Å². The van der Waals surface area contributed by atoms with Crippen molar-refractivity contribution < 1.29 is 9.59 Å². The van der Waals surface area contributed by atoms with Crippen LogP contribution in [0.25, 0.3) is 60.9 Å². The Labute approximate surface area is 295 Å². The van der Waals surface area contributed by atoms with Gasteiger partial charge in [-0.2, -0.15) is 5.26 Å². The summed E-state index contributed by atoms with van der Waals surface area (Å²) in [4.78, 5) is 30.1. The lowest BCUT2D eigenvalue weighted by atomic mass is 9.90. The molecular weight excluding hydrogens is 627 g/mol. The summed E-state index contributed by atoms with van der Waals surface area (Å²) in [5.74, 6) is -0.472. The van der Waals surface area contributed by atoms with E-state index in [-0.39, 0.29) is 0 Å². The standard InChI is InChI=1S/C46H31N3O2/c1-31-15-13-26-42(49-41-25-12-11-23-37(41)38-24-14-22-35(29-47)44(38)49)43(31)46(51)48(30-50)45-39(33-18-7-3-8-19-33)27-36(32-16-5-2-6-17-32)28-40(45)34-20-9-4-10-21-34/h2-28,30H,1H3. The van der Waals surface area contributed by atoms with E-state index in [1.165, 1.54) is 4.90 Å². The van der Waals surface area contributed by atoms with Crippen molar-refractivity contribution in [3.63, 3.8) is 0 Å². The SMILES string of the molecule is Cc1cccc(-n2c3ccccc3c3cccc(C#N)c32)c1C(=O)N(C=O)c1c(-c2ccccc2)cc(-c2ccccc2)cc1-c1ccccc1. The Morgan fingerprint density at radius 2 is 1.18 bits per heavy atom. The van der Waals surface area contributed by atoms with Gasteiger partial charge in [0.1, 0.15) is 6.07 Å². The fraction of sp³-hybridized carbons (Fsp3) is 0.0217. The summed E-state index contributed by atoms with van der Waals surface area (Å²) in [6.45, 7) is 1.88. The van der Waals surface area contributed by atoms with E-state index in [0.29, 0.717) is 40.0 Å². The highest BCUT2D eigenvalue weighted by Gasteiger charge is 2.29. The number of anilines is 1. The monoisotopic (exact) mass is 657 g/mol. The number of carbonyl (C=O) groups is 2. The molecule has 7 aromatic carbocycles. The molecule has 51 heavy (non-hydrogen) atoms. The van der Waals surface area contributed by atoms with Crippen LogP contribution in [0.4, 0.5) is 5.69 Å². The number of benzene rings is 7. The first-order chi connectivity index (χ1) is 25.1. The molecule has 0 aliphatic heterocycles. The Morgan fingerprint density at radius 1 is 0.627 bits per heavy atom. The van der Waals surface area contributed by atoms with Crippen LogP contribution in [0.2, 0.25) is 0 Å². The topological polar surface area (TPSA) is 66.1 Å². The van der Waals surface area contributed by atoms with Crippen LogP contribution in [0.1, 0.15) is 21.5 Å². The number of fused-ring (bicyclic) bond motifs is 3. The fourth-order valence-corrected chi connectivity index (χ4v) is 7.17. The molecule has 5 heteroatoms. The molecule has 0 spiro atoms. The molecule has 5 nitrogen and oxygen atoms in total. The molecule has 1 heterocycles. The molecule has 0 N–H and O–H groups in total. The van der Waals surface area contributed by atoms with Gasteiger partial charge in [0, 0.05) is 21.9 Å². The number of carbonyl (C=O) groups excluding carboxylic acids is 2. The maximum Gasteiger partial charge on any atom is 0.267 e. The molecule has 0 saturated carbocycles. The third kappa shape index (κ3) is 5.36. The van der Waals surface area contributed by atoms with Gasteiger partial charge in [0.25, 0.3) is 5.91 Å². The van der Waals surface area contributed by atoms with E-state index in [9.17, 15) is 10.1 Å². The van der Waals surface area contributed by atoms with Crippen molar-refractivity contribution in [2.75, 3.05) is 4.90 Å². The van der Waals surface area contributed by atoms with Crippen molar-refractivity contribution in [3.8, 4) is 45.1 Å². The Bertz CT molecular complexity index is 2580. The van der Waals surface area contributed by atoms with Gasteiger partial charge in [-0.25, -0.2) is 4.90 Å². The van der Waals surface area contributed by atoms with Gasteiger partial charge >= 0.3 is 0 Å². The highest BCUT2D eigenvalue weighted by molar-refractivity contribution is 6.22. The second kappa shape index (κ2) is 13.1. The summed E-state index contributed by atoms with van der Waals surface area (Å²) in [5.41, 5.74) is 9.40. The van der Waals surface area contributed by atoms with E-state index in [1.54, 1.807) is 6.07 Å². The Balaban J connectivity index is 1.42. The second-order valence-electron chi connectivity index (χ2n) is 12.4. The van der Waals surface area contributed by atoms with Gasteiger partial charge in [0.15, 0.2) is 0 Å². The molecule has 0 aliphatic carbocycles. The number of rotatable bonds is 7. The molecule has 0 unspecified atom stereocenters. The van der Waals surface area contributed by atoms with Gasteiger partial charge in [0.05, 0.1) is 33.5 Å². The average molecular weight is 658 g/mol. The predicted molar refractivity (Wildman–Crippen MR) is 206 cm³/mol. The van der Waals surface area contributed by atoms with Crippen LogP contribution in [0, 0.1) is 18.3 Å². The summed E-state index contributed by atoms with van der Waals surface area (Å²) in [5, 5.41) is 12.1. The first kappa shape index (κ1) is 31.3. The molecule has 8 aromatic rings. The van der Waals surface area contributed by atoms with E-state index < -0.39 is 5.91 Å². The van der Waals surface area contributed by atoms with Gasteiger partial charge in [-0.15, -0.1) is 0 Å². The lowest BCUT2D eigenvalue weighted by Crippen LogP contribution is -2.32. The molecule has 8 rings (SSSR count). The second-order valence-corrected chi connectivity index (χ2v) is 12.4. The summed E-state index contributed by atoms with van der Waals surface area (Å²) in [6.07, 6.45) is 0.627. The highest BCUT2D eigenvalue weighted by Crippen LogP contribution is 2.44. The number of aromatic nitrogens is 1. The first-order valence-corrected chi connectivity index (χ1v) is 16.7. The van der Waals surface area contributed by atoms with E-state index in [1.807, 2.05) is 145 Å². The lowest BCUT2D eigenvalue weighted by Gasteiger charge is -2.26. The van der Waals surface area contributed by atoms with Gasteiger partial charge in [-0.3, -0.25) is 9.59 Å². The predicted octanol–water partition coefficient (Wildman–Crippen LogP) is 10.8. The first-order valence-electron chi connectivity index (χ1n) is 16.7. The third-order valence-corrected chi connectivity index (χ3v) is 9.47. The van der Waals surface area contributed by atoms with Crippen LogP contribution in [0.15, 0.2) is 164 Å². The normalized spacial score (nSPS) is 11.0. The van der Waals surface area contributed by atoms with Gasteiger partial charge in [-0.05, 0) is 65.1 Å². The van der Waals surface area contributed by atoms with E-state index in [0.717, 1.165) is 49.7 Å². The minimum Gasteiger partial charge on any atom is -0.307 e. The van der Waals surface area contributed by atoms with E-state index in [2.05, 4.69) is 30.3 Å². The molecule has 242 valence electrons. The number of aryl methyl sites for hydroxylation is 1. The van der Waals surface area contributed by atoms with Crippen LogP contribution in [0.5, 0.6) is 0 Å². The Kier molecular flexibility index (Phi) is 8.04. The average Bonchev–Trinajstić information content (AvgIpc) is 3.53. The van der Waals surface area contributed by atoms with Gasteiger partial charge in [-0.1, -0.05) is 133 Å². The quantitative estimate of drug-likeness (QED) is 0.160. The minimum absolute atomic E-state index is 0.366. The summed E-state index contributed by atoms with van der Waals surface area (Å²) in [6, 6.07) is 55.6. The van der Waals surface area contributed by atoms with Gasteiger partial charge < -0.3 is 4.57 Å². The summed E-state index contributed by atoms with van der Waals surface area (Å²) >= 11 is 0. The number of amides is 2. The molecule has 0 aliphatic rings. The zero-order chi connectivity index (χ0) is 34.9. The summed E-state index contributed by atoms with van der Waals surface area (Å²) < 4.78 is 1.99. The smallest absolute Gasteiger partial charge is 0.267 e. The minimum atomic E-state index is -0.472.